The number of benzene rings is 1. The number of ether oxygens (including phenoxy) is 4. The summed E-state index contributed by atoms with van der Waals surface area (Å²) in [4.78, 5) is 15.8. The summed E-state index contributed by atoms with van der Waals surface area (Å²) in [5.74, 6) is -1.27. The van der Waals surface area contributed by atoms with Crippen molar-refractivity contribution in [3.05, 3.63) is 46.3 Å². The van der Waals surface area contributed by atoms with E-state index in [0.29, 0.717) is 66.3 Å². The number of carboxylic acids is 1. The van der Waals surface area contributed by atoms with Crippen LogP contribution in [-0.4, -0.2) is 83.6 Å². The van der Waals surface area contributed by atoms with Gasteiger partial charge in [-0.15, -0.1) is 21.6 Å². The number of aryl methyl sites for hydroxylation is 1. The number of aliphatic hydroxyl groups excluding tert-OH is 1. The van der Waals surface area contributed by atoms with E-state index in [-0.39, 0.29) is 56.0 Å². The van der Waals surface area contributed by atoms with Crippen LogP contribution in [0.15, 0.2) is 28.4 Å². The minimum Gasteiger partial charge on any atom is -0.548 e. The first-order valence-corrected chi connectivity index (χ1v) is 13.0. The number of thiophene rings is 1. The Morgan fingerprint density at radius 3 is 2.27 bits per heavy atom. The molecular formula is C26H32N5NaO7S. The van der Waals surface area contributed by atoms with Gasteiger partial charge in [-0.05, 0) is 43.2 Å². The number of carboxylic acid groups (broad SMARTS) is 1. The number of carbonyl (C=O) groups excluding carboxylic acids is 1. The number of hydrogen-bond acceptors (Lipinski definition) is 12. The van der Waals surface area contributed by atoms with Crippen LogP contribution in [0.25, 0.3) is 4.85 Å². The summed E-state index contributed by atoms with van der Waals surface area (Å²) in [7, 11) is 0. The molecule has 1 aromatic carbocycles. The number of aliphatic carboxylic acids is 1. The number of aliphatic hydroxyl groups is 1. The molecule has 0 bridgehead atoms. The predicted molar refractivity (Wildman–Crippen MR) is 143 cm³/mol. The maximum absolute atomic E-state index is 10.3. The van der Waals surface area contributed by atoms with Crippen molar-refractivity contribution < 1.29 is 63.5 Å². The van der Waals surface area contributed by atoms with Crippen LogP contribution in [0.5, 0.6) is 0 Å². The second kappa shape index (κ2) is 20.4. The third-order valence-electron chi connectivity index (χ3n) is 5.32. The van der Waals surface area contributed by atoms with Crippen LogP contribution in [-0.2, 0) is 23.7 Å². The van der Waals surface area contributed by atoms with Crippen LogP contribution in [0.1, 0.15) is 16.7 Å². The summed E-state index contributed by atoms with van der Waals surface area (Å²) < 4.78 is 21.3. The van der Waals surface area contributed by atoms with E-state index in [1.807, 2.05) is 25.1 Å². The third kappa shape index (κ3) is 12.4. The molecule has 12 nitrogen and oxygen atoms in total. The van der Waals surface area contributed by atoms with Crippen LogP contribution in [0.4, 0.5) is 21.4 Å². The molecule has 2 aromatic rings. The monoisotopic (exact) mass is 581 g/mol. The first-order valence-electron chi connectivity index (χ1n) is 12.2. The quantitative estimate of drug-likeness (QED) is 0.103. The van der Waals surface area contributed by atoms with Crippen molar-refractivity contribution in [1.29, 1.82) is 5.26 Å². The number of nitrogens with zero attached hydrogens (tertiary/aromatic N) is 5. The maximum atomic E-state index is 10.3. The average Bonchev–Trinajstić information content (AvgIpc) is 3.24. The second-order valence-electron chi connectivity index (χ2n) is 8.08. The minimum atomic E-state index is -1.27. The molecule has 0 aliphatic rings. The van der Waals surface area contributed by atoms with Crippen LogP contribution < -0.4 is 39.6 Å². The van der Waals surface area contributed by atoms with Gasteiger partial charge in [0.2, 0.25) is 5.00 Å². The van der Waals surface area contributed by atoms with Crippen molar-refractivity contribution in [3.8, 4) is 6.07 Å². The first-order chi connectivity index (χ1) is 18.9. The van der Waals surface area contributed by atoms with E-state index in [1.165, 1.54) is 0 Å². The first kappa shape index (κ1) is 35.6. The molecule has 40 heavy (non-hydrogen) atoms. The fourth-order valence-corrected chi connectivity index (χ4v) is 4.19. The molecule has 1 heterocycles. The molecule has 210 valence electrons. The SMILES string of the molecule is [C-]#[N+]c1sc(N=Nc2ccc(N(CCOCCO)CCOCCOCCOCC(=O)[O-])cc2C)c(C#N)c1C.[Na+]. The number of carbonyl (C=O) groups is 1. The summed E-state index contributed by atoms with van der Waals surface area (Å²) in [6, 6.07) is 7.84. The minimum absolute atomic E-state index is 0. The summed E-state index contributed by atoms with van der Waals surface area (Å²) in [5, 5.41) is 38.1. The van der Waals surface area contributed by atoms with E-state index >= 15 is 0 Å². The van der Waals surface area contributed by atoms with Gasteiger partial charge in [-0.2, -0.15) is 5.26 Å². The van der Waals surface area contributed by atoms with E-state index in [2.05, 4.69) is 26.0 Å². The van der Waals surface area contributed by atoms with Crippen molar-refractivity contribution in [2.75, 3.05) is 77.5 Å². The second-order valence-corrected chi connectivity index (χ2v) is 9.06. The Hall–Kier alpha value is -2.43. The van der Waals surface area contributed by atoms with Gasteiger partial charge in [-0.3, -0.25) is 0 Å². The largest absolute Gasteiger partial charge is 1.00 e. The number of nitriles is 1. The normalized spacial score (nSPS) is 10.7. The molecule has 0 fully saturated rings. The van der Waals surface area contributed by atoms with Gasteiger partial charge in [0.1, 0.15) is 11.1 Å². The van der Waals surface area contributed by atoms with Crippen molar-refractivity contribution >= 4 is 38.7 Å². The molecular weight excluding hydrogens is 549 g/mol. The molecule has 0 amide bonds. The molecule has 2 rings (SSSR count). The topological polar surface area (TPSA) is 153 Å². The average molecular weight is 582 g/mol. The van der Waals surface area contributed by atoms with E-state index < -0.39 is 12.6 Å². The zero-order valence-corrected chi connectivity index (χ0v) is 25.9. The predicted octanol–water partition coefficient (Wildman–Crippen LogP) is -0.178. The van der Waals surface area contributed by atoms with Crippen molar-refractivity contribution in [1.82, 2.24) is 0 Å². The van der Waals surface area contributed by atoms with Gasteiger partial charge in [-0.1, -0.05) is 0 Å². The third-order valence-corrected chi connectivity index (χ3v) is 6.39. The smallest absolute Gasteiger partial charge is 0.548 e. The van der Waals surface area contributed by atoms with Crippen molar-refractivity contribution in [3.63, 3.8) is 0 Å². The number of anilines is 1. The molecule has 0 aliphatic carbocycles. The van der Waals surface area contributed by atoms with E-state index in [4.69, 9.17) is 30.6 Å². The van der Waals surface area contributed by atoms with Gasteiger partial charge < -0.3 is 38.9 Å². The number of azo groups is 1. The molecule has 1 N–H and O–H groups in total. The summed E-state index contributed by atoms with van der Waals surface area (Å²) in [5.41, 5.74) is 3.45. The Labute approximate surface area is 260 Å². The Kier molecular flexibility index (Phi) is 18.2. The van der Waals surface area contributed by atoms with E-state index in [0.717, 1.165) is 22.6 Å². The summed E-state index contributed by atoms with van der Waals surface area (Å²) in [6.45, 7) is 13.8. The van der Waals surface area contributed by atoms with Crippen LogP contribution in [0, 0.1) is 31.8 Å². The van der Waals surface area contributed by atoms with Gasteiger partial charge in [0.15, 0.2) is 0 Å². The molecule has 0 saturated carbocycles. The van der Waals surface area contributed by atoms with Gasteiger partial charge in [0.25, 0.3) is 0 Å². The molecule has 0 aliphatic heterocycles. The van der Waals surface area contributed by atoms with E-state index in [9.17, 15) is 15.2 Å². The number of rotatable bonds is 19. The Balaban J connectivity index is 0.00000800. The molecule has 0 atom stereocenters. The van der Waals surface area contributed by atoms with Gasteiger partial charge in [-0.25, -0.2) is 4.85 Å². The standard InChI is InChI=1S/C26H33N5O7S.Na/c1-19-16-21(4-5-23(19)29-30-26-22(17-27)20(2)25(28-3)39-26)31(6-9-35-11-8-32)7-10-36-12-13-37-14-15-38-18-24(33)34;/h4-5,16,32H,6-15,18H2,1-2H3,(H,33,34);/q;+1/p-1. The zero-order chi connectivity index (χ0) is 28.5. The Morgan fingerprint density at radius 1 is 1.07 bits per heavy atom. The van der Waals surface area contributed by atoms with Crippen molar-refractivity contribution in [2.45, 2.75) is 13.8 Å². The molecule has 0 spiro atoms. The fourth-order valence-electron chi connectivity index (χ4n) is 3.32. The molecule has 14 heteroatoms. The molecule has 0 unspecified atom stereocenters. The summed E-state index contributed by atoms with van der Waals surface area (Å²) in [6.07, 6.45) is 0. The van der Waals surface area contributed by atoms with Gasteiger partial charge in [0.05, 0.1) is 83.3 Å². The summed E-state index contributed by atoms with van der Waals surface area (Å²) >= 11 is 1.15. The zero-order valence-electron chi connectivity index (χ0n) is 23.1. The van der Waals surface area contributed by atoms with Crippen LogP contribution in [0.3, 0.4) is 0 Å². The molecule has 1 aromatic heterocycles. The molecule has 0 radical (unpaired) electrons. The fraction of sp³-hybridized carbons (Fsp3) is 0.500. The van der Waals surface area contributed by atoms with Crippen LogP contribution >= 0.6 is 11.3 Å². The Morgan fingerprint density at radius 2 is 1.70 bits per heavy atom. The maximum Gasteiger partial charge on any atom is 1.00 e. The van der Waals surface area contributed by atoms with Crippen LogP contribution in [0.2, 0.25) is 0 Å². The van der Waals surface area contributed by atoms with Crippen molar-refractivity contribution in [2.24, 2.45) is 10.2 Å². The van der Waals surface area contributed by atoms with E-state index in [1.54, 1.807) is 6.92 Å². The van der Waals surface area contributed by atoms with Gasteiger partial charge >= 0.3 is 29.6 Å². The Bertz CT molecular complexity index is 1180. The number of hydrogen-bond donors (Lipinski definition) is 1. The van der Waals surface area contributed by atoms with Gasteiger partial charge in [0, 0.05) is 18.8 Å². The molecule has 0 saturated heterocycles.